The molecule has 6 nitrogen and oxygen atoms in total. The van der Waals surface area contributed by atoms with Crippen LogP contribution < -0.4 is 5.73 Å². The van der Waals surface area contributed by atoms with Gasteiger partial charge < -0.3 is 5.73 Å². The zero-order chi connectivity index (χ0) is 10.1. The van der Waals surface area contributed by atoms with E-state index in [1.54, 1.807) is 13.1 Å². The summed E-state index contributed by atoms with van der Waals surface area (Å²) in [6.45, 7) is 0. The minimum Gasteiger partial charge on any atom is -0.397 e. The maximum absolute atomic E-state index is 5.91. The SMILES string of the molecule is Cn1nnc(-c2ncc(N)cc2Cl)n1. The second-order valence-corrected chi connectivity index (χ2v) is 3.11. The lowest BCUT2D eigenvalue weighted by Gasteiger charge is -1.98. The van der Waals surface area contributed by atoms with Crippen molar-refractivity contribution in [3.63, 3.8) is 0 Å². The minimum atomic E-state index is 0.387. The first kappa shape index (κ1) is 8.89. The van der Waals surface area contributed by atoms with Gasteiger partial charge in [0.25, 0.3) is 0 Å². The first-order valence-electron chi connectivity index (χ1n) is 3.82. The van der Waals surface area contributed by atoms with E-state index in [1.165, 1.54) is 11.0 Å². The molecule has 0 aliphatic rings. The number of hydrogen-bond donors (Lipinski definition) is 1. The third-order valence-corrected chi connectivity index (χ3v) is 1.87. The van der Waals surface area contributed by atoms with E-state index in [0.29, 0.717) is 22.2 Å². The van der Waals surface area contributed by atoms with Gasteiger partial charge in [-0.1, -0.05) is 11.6 Å². The highest BCUT2D eigenvalue weighted by molar-refractivity contribution is 6.33. The Morgan fingerprint density at radius 1 is 1.50 bits per heavy atom. The number of halogens is 1. The Morgan fingerprint density at radius 2 is 2.29 bits per heavy atom. The number of aryl methyl sites for hydroxylation is 1. The molecule has 2 rings (SSSR count). The Kier molecular flexibility index (Phi) is 2.05. The van der Waals surface area contributed by atoms with E-state index in [0.717, 1.165) is 0 Å². The van der Waals surface area contributed by atoms with Gasteiger partial charge in [-0.3, -0.25) is 0 Å². The molecule has 0 saturated carbocycles. The van der Waals surface area contributed by atoms with Gasteiger partial charge in [0.1, 0.15) is 5.69 Å². The topological polar surface area (TPSA) is 82.5 Å². The highest BCUT2D eigenvalue weighted by Gasteiger charge is 2.10. The van der Waals surface area contributed by atoms with Gasteiger partial charge in [0.05, 0.1) is 24.0 Å². The van der Waals surface area contributed by atoms with Crippen LogP contribution in [-0.4, -0.2) is 25.2 Å². The van der Waals surface area contributed by atoms with Gasteiger partial charge in [-0.05, 0) is 11.3 Å². The summed E-state index contributed by atoms with van der Waals surface area (Å²) in [5, 5.41) is 11.9. The molecule has 7 heteroatoms. The fraction of sp³-hybridized carbons (Fsp3) is 0.143. The van der Waals surface area contributed by atoms with Gasteiger partial charge in [-0.15, -0.1) is 10.2 Å². The normalized spacial score (nSPS) is 10.4. The zero-order valence-corrected chi connectivity index (χ0v) is 8.10. The number of hydrogen-bond acceptors (Lipinski definition) is 5. The van der Waals surface area contributed by atoms with Crippen molar-refractivity contribution in [2.45, 2.75) is 0 Å². The highest BCUT2D eigenvalue weighted by Crippen LogP contribution is 2.23. The predicted molar refractivity (Wildman–Crippen MR) is 51.5 cm³/mol. The van der Waals surface area contributed by atoms with E-state index in [4.69, 9.17) is 17.3 Å². The summed E-state index contributed by atoms with van der Waals surface area (Å²) in [5.74, 6) is 0.387. The van der Waals surface area contributed by atoms with Crippen LogP contribution in [0.1, 0.15) is 0 Å². The first-order valence-corrected chi connectivity index (χ1v) is 4.20. The maximum Gasteiger partial charge on any atom is 0.224 e. The van der Waals surface area contributed by atoms with E-state index >= 15 is 0 Å². The Hall–Kier alpha value is -1.69. The molecular formula is C7H7ClN6. The Morgan fingerprint density at radius 3 is 2.86 bits per heavy atom. The molecule has 0 aromatic carbocycles. The lowest BCUT2D eigenvalue weighted by molar-refractivity contribution is 0.630. The summed E-state index contributed by atoms with van der Waals surface area (Å²) in [7, 11) is 1.67. The lowest BCUT2D eigenvalue weighted by atomic mass is 10.3. The molecule has 14 heavy (non-hydrogen) atoms. The molecule has 2 N–H and O–H groups in total. The van der Waals surface area contributed by atoms with Gasteiger partial charge in [0.2, 0.25) is 5.82 Å². The van der Waals surface area contributed by atoms with Crippen LogP contribution in [0.25, 0.3) is 11.5 Å². The molecule has 0 fully saturated rings. The number of rotatable bonds is 1. The number of tetrazole rings is 1. The zero-order valence-electron chi connectivity index (χ0n) is 7.35. The summed E-state index contributed by atoms with van der Waals surface area (Å²) in [4.78, 5) is 5.36. The summed E-state index contributed by atoms with van der Waals surface area (Å²) >= 11 is 5.91. The quantitative estimate of drug-likeness (QED) is 0.742. The number of aromatic nitrogens is 5. The van der Waals surface area contributed by atoms with Crippen molar-refractivity contribution in [2.75, 3.05) is 5.73 Å². The van der Waals surface area contributed by atoms with E-state index in [-0.39, 0.29) is 0 Å². The molecule has 0 spiro atoms. The molecule has 0 saturated heterocycles. The summed E-state index contributed by atoms with van der Waals surface area (Å²) in [6, 6.07) is 1.60. The Bertz CT molecular complexity index is 465. The molecule has 0 atom stereocenters. The van der Waals surface area contributed by atoms with Crippen molar-refractivity contribution in [1.82, 2.24) is 25.2 Å². The summed E-state index contributed by atoms with van der Waals surface area (Å²) in [6.07, 6.45) is 1.50. The second-order valence-electron chi connectivity index (χ2n) is 2.70. The smallest absolute Gasteiger partial charge is 0.224 e. The number of pyridine rings is 1. The van der Waals surface area contributed by atoms with Crippen molar-refractivity contribution in [2.24, 2.45) is 7.05 Å². The molecule has 0 unspecified atom stereocenters. The maximum atomic E-state index is 5.91. The van der Waals surface area contributed by atoms with Gasteiger partial charge in [-0.25, -0.2) is 4.98 Å². The molecule has 0 aliphatic carbocycles. The van der Waals surface area contributed by atoms with Crippen LogP contribution in [0.5, 0.6) is 0 Å². The second kappa shape index (κ2) is 3.22. The molecule has 72 valence electrons. The highest BCUT2D eigenvalue weighted by atomic mass is 35.5. The fourth-order valence-corrected chi connectivity index (χ4v) is 1.26. The van der Waals surface area contributed by atoms with E-state index in [9.17, 15) is 0 Å². The average Bonchev–Trinajstić information content (AvgIpc) is 2.51. The van der Waals surface area contributed by atoms with Crippen LogP contribution in [-0.2, 0) is 7.05 Å². The van der Waals surface area contributed by atoms with Gasteiger partial charge >= 0.3 is 0 Å². The molecule has 2 aromatic rings. The number of nitrogens with zero attached hydrogens (tertiary/aromatic N) is 5. The van der Waals surface area contributed by atoms with Crippen molar-refractivity contribution in [3.05, 3.63) is 17.3 Å². The third-order valence-electron chi connectivity index (χ3n) is 1.58. The van der Waals surface area contributed by atoms with Crippen LogP contribution in [0.4, 0.5) is 5.69 Å². The number of nitrogen functional groups attached to an aromatic ring is 1. The summed E-state index contributed by atoms with van der Waals surface area (Å²) < 4.78 is 0. The van der Waals surface area contributed by atoms with E-state index < -0.39 is 0 Å². The summed E-state index contributed by atoms with van der Waals surface area (Å²) in [5.41, 5.74) is 6.49. The van der Waals surface area contributed by atoms with Crippen LogP contribution in [0, 0.1) is 0 Å². The van der Waals surface area contributed by atoms with Crippen molar-refractivity contribution < 1.29 is 0 Å². The average molecular weight is 211 g/mol. The van der Waals surface area contributed by atoms with Crippen molar-refractivity contribution in [3.8, 4) is 11.5 Å². The van der Waals surface area contributed by atoms with Crippen LogP contribution >= 0.6 is 11.6 Å². The number of anilines is 1. The largest absolute Gasteiger partial charge is 0.397 e. The first-order chi connectivity index (χ1) is 6.66. The van der Waals surface area contributed by atoms with Crippen molar-refractivity contribution >= 4 is 17.3 Å². The Balaban J connectivity index is 2.52. The van der Waals surface area contributed by atoms with Crippen LogP contribution in [0.3, 0.4) is 0 Å². The molecule has 0 bridgehead atoms. The van der Waals surface area contributed by atoms with Crippen LogP contribution in [0.15, 0.2) is 12.3 Å². The fourth-order valence-electron chi connectivity index (χ4n) is 0.996. The monoisotopic (exact) mass is 210 g/mol. The molecule has 2 heterocycles. The van der Waals surface area contributed by atoms with Gasteiger partial charge in [0.15, 0.2) is 0 Å². The molecule has 2 aromatic heterocycles. The van der Waals surface area contributed by atoms with E-state index in [1.807, 2.05) is 0 Å². The van der Waals surface area contributed by atoms with Crippen molar-refractivity contribution in [1.29, 1.82) is 0 Å². The Labute approximate surface area is 84.7 Å². The lowest BCUT2D eigenvalue weighted by Crippen LogP contribution is -1.94. The minimum absolute atomic E-state index is 0.387. The molecule has 0 amide bonds. The van der Waals surface area contributed by atoms with Gasteiger partial charge in [-0.2, -0.15) is 4.80 Å². The predicted octanol–water partition coefficient (Wildman–Crippen LogP) is 0.508. The van der Waals surface area contributed by atoms with Gasteiger partial charge in [0, 0.05) is 0 Å². The molecule has 0 aliphatic heterocycles. The third kappa shape index (κ3) is 1.51. The standard InChI is InChI=1S/C7H7ClN6/c1-14-12-7(11-13-14)6-5(8)2-4(9)3-10-6/h2-3H,9H2,1H3. The molecule has 0 radical (unpaired) electrons. The number of nitrogens with two attached hydrogens (primary N) is 1. The van der Waals surface area contributed by atoms with Crippen LogP contribution in [0.2, 0.25) is 5.02 Å². The van der Waals surface area contributed by atoms with E-state index in [2.05, 4.69) is 20.4 Å². The molecular weight excluding hydrogens is 204 g/mol.